The van der Waals surface area contributed by atoms with Gasteiger partial charge in [0.15, 0.2) is 10.9 Å². The number of aliphatic imine (C=N–C) groups is 1. The van der Waals surface area contributed by atoms with Gasteiger partial charge in [0.2, 0.25) is 0 Å². The molecule has 1 aromatic carbocycles. The van der Waals surface area contributed by atoms with Gasteiger partial charge in [-0.3, -0.25) is 9.39 Å². The van der Waals surface area contributed by atoms with Crippen molar-refractivity contribution in [1.29, 1.82) is 0 Å². The van der Waals surface area contributed by atoms with Gasteiger partial charge in [-0.05, 0) is 31.5 Å². The Kier molecular flexibility index (Phi) is 8.36. The number of aryl methyl sites for hydroxylation is 1. The van der Waals surface area contributed by atoms with Crippen molar-refractivity contribution in [3.05, 3.63) is 53.3 Å². The zero-order valence-electron chi connectivity index (χ0n) is 16.0. The molecule has 3 aromatic rings. The molecule has 0 atom stereocenters. The lowest BCUT2D eigenvalue weighted by Crippen LogP contribution is -2.41. The number of thiazole rings is 1. The van der Waals surface area contributed by atoms with E-state index in [2.05, 4.69) is 63.6 Å². The van der Waals surface area contributed by atoms with Gasteiger partial charge >= 0.3 is 0 Å². The average Bonchev–Trinajstić information content (AvgIpc) is 3.23. The number of benzene rings is 1. The summed E-state index contributed by atoms with van der Waals surface area (Å²) >= 11 is 1.64. The van der Waals surface area contributed by atoms with Crippen LogP contribution in [0.4, 0.5) is 5.69 Å². The van der Waals surface area contributed by atoms with Gasteiger partial charge in [0.1, 0.15) is 0 Å². The van der Waals surface area contributed by atoms with E-state index in [1.807, 2.05) is 22.2 Å². The molecule has 27 heavy (non-hydrogen) atoms. The molecule has 0 amide bonds. The number of aromatic nitrogens is 2. The summed E-state index contributed by atoms with van der Waals surface area (Å²) in [5.74, 6) is 0.793. The molecule has 2 heterocycles. The first-order valence-electron chi connectivity index (χ1n) is 8.87. The van der Waals surface area contributed by atoms with Gasteiger partial charge in [0.25, 0.3) is 0 Å². The molecule has 3 rings (SSSR count). The van der Waals surface area contributed by atoms with Gasteiger partial charge in [-0.25, -0.2) is 4.98 Å². The summed E-state index contributed by atoms with van der Waals surface area (Å²) in [6, 6.07) is 8.62. The fourth-order valence-electron chi connectivity index (χ4n) is 2.86. The molecule has 2 aromatic heterocycles. The zero-order chi connectivity index (χ0) is 18.4. The number of likely N-dealkylation sites (N-methyl/N-ethyl adjacent to an activating group) is 1. The van der Waals surface area contributed by atoms with Crippen molar-refractivity contribution < 1.29 is 0 Å². The fraction of sp³-hybridized carbons (Fsp3) is 0.368. The molecule has 2 N–H and O–H groups in total. The van der Waals surface area contributed by atoms with Crippen molar-refractivity contribution in [2.24, 2.45) is 4.99 Å². The highest BCUT2D eigenvalue weighted by atomic mass is 127. The molecular formula is C19H27IN6S. The molecule has 146 valence electrons. The van der Waals surface area contributed by atoms with Gasteiger partial charge in [0.05, 0.1) is 12.2 Å². The highest BCUT2D eigenvalue weighted by Crippen LogP contribution is 2.15. The Morgan fingerprint density at radius 3 is 2.89 bits per heavy atom. The molecular weight excluding hydrogens is 471 g/mol. The molecule has 0 spiro atoms. The van der Waals surface area contributed by atoms with Gasteiger partial charge < -0.3 is 15.5 Å². The Bertz CT molecular complexity index is 843. The Morgan fingerprint density at radius 1 is 1.33 bits per heavy atom. The first kappa shape index (κ1) is 21.5. The summed E-state index contributed by atoms with van der Waals surface area (Å²) in [7, 11) is 1.79. The van der Waals surface area contributed by atoms with E-state index in [1.54, 1.807) is 18.4 Å². The summed E-state index contributed by atoms with van der Waals surface area (Å²) < 4.78 is 2.04. The van der Waals surface area contributed by atoms with Crippen LogP contribution in [-0.4, -0.2) is 42.0 Å². The van der Waals surface area contributed by atoms with Crippen LogP contribution >= 0.6 is 35.3 Å². The van der Waals surface area contributed by atoms with Gasteiger partial charge in [-0.2, -0.15) is 0 Å². The normalized spacial score (nSPS) is 11.3. The van der Waals surface area contributed by atoms with Crippen LogP contribution in [0.2, 0.25) is 0 Å². The van der Waals surface area contributed by atoms with Crippen LogP contribution in [0.1, 0.15) is 18.2 Å². The van der Waals surface area contributed by atoms with E-state index in [-0.39, 0.29) is 24.0 Å². The molecule has 0 bridgehead atoms. The van der Waals surface area contributed by atoms with E-state index in [1.165, 1.54) is 11.3 Å². The number of hydrogen-bond acceptors (Lipinski definition) is 4. The van der Waals surface area contributed by atoms with Gasteiger partial charge in [0, 0.05) is 50.1 Å². The van der Waals surface area contributed by atoms with Gasteiger partial charge in [-0.15, -0.1) is 35.3 Å². The second kappa shape index (κ2) is 10.5. The van der Waals surface area contributed by atoms with Crippen molar-refractivity contribution in [1.82, 2.24) is 20.0 Å². The van der Waals surface area contributed by atoms with E-state index in [0.29, 0.717) is 6.54 Å². The predicted octanol–water partition coefficient (Wildman–Crippen LogP) is 3.51. The minimum Gasteiger partial charge on any atom is -0.370 e. The first-order valence-corrected chi connectivity index (χ1v) is 9.74. The van der Waals surface area contributed by atoms with Crippen LogP contribution < -0.4 is 15.5 Å². The number of guanidine groups is 1. The summed E-state index contributed by atoms with van der Waals surface area (Å²) in [5.41, 5.74) is 3.55. The third-order valence-corrected chi connectivity index (χ3v) is 5.00. The van der Waals surface area contributed by atoms with Crippen LogP contribution in [0.15, 0.2) is 47.0 Å². The third kappa shape index (κ3) is 5.83. The minimum absolute atomic E-state index is 0. The van der Waals surface area contributed by atoms with Crippen LogP contribution in [0.25, 0.3) is 4.96 Å². The molecule has 0 fully saturated rings. The molecule has 0 saturated carbocycles. The highest BCUT2D eigenvalue weighted by Gasteiger charge is 2.06. The molecule has 0 aliphatic carbocycles. The standard InChI is InChI=1S/C19H26N6S.HI/c1-4-24(17-7-5-6-15(2)12-17)9-8-21-18(20-3)22-13-16-14-25-10-11-26-19(25)23-16;/h5-7,10-12,14H,4,8-9,13H2,1-3H3,(H2,20,21,22);1H. The Labute approximate surface area is 181 Å². The lowest BCUT2D eigenvalue weighted by atomic mass is 10.2. The average molecular weight is 498 g/mol. The summed E-state index contributed by atoms with van der Waals surface area (Å²) in [4.78, 5) is 12.2. The highest BCUT2D eigenvalue weighted by molar-refractivity contribution is 14.0. The summed E-state index contributed by atoms with van der Waals surface area (Å²) in [6.45, 7) is 7.67. The maximum Gasteiger partial charge on any atom is 0.193 e. The molecule has 8 heteroatoms. The number of imidazole rings is 1. The Balaban J connectivity index is 0.00000261. The molecule has 6 nitrogen and oxygen atoms in total. The number of anilines is 1. The molecule has 0 aliphatic heterocycles. The third-order valence-electron chi connectivity index (χ3n) is 4.23. The smallest absolute Gasteiger partial charge is 0.193 e. The predicted molar refractivity (Wildman–Crippen MR) is 126 cm³/mol. The molecule has 0 aliphatic rings. The number of fused-ring (bicyclic) bond motifs is 1. The SMILES string of the molecule is CCN(CCNC(=NC)NCc1cn2ccsc2n1)c1cccc(C)c1.I. The van der Waals surface area contributed by atoms with Crippen LogP contribution in [-0.2, 0) is 6.54 Å². The number of nitrogens with zero attached hydrogens (tertiary/aromatic N) is 4. The van der Waals surface area contributed by atoms with Crippen molar-refractivity contribution in [3.63, 3.8) is 0 Å². The van der Waals surface area contributed by atoms with E-state index in [4.69, 9.17) is 0 Å². The second-order valence-corrected chi connectivity index (χ2v) is 6.97. The number of halogens is 1. The lowest BCUT2D eigenvalue weighted by molar-refractivity contribution is 0.747. The number of nitrogens with one attached hydrogen (secondary N) is 2. The quantitative estimate of drug-likeness (QED) is 0.298. The lowest BCUT2D eigenvalue weighted by Gasteiger charge is -2.24. The molecule has 0 radical (unpaired) electrons. The van der Waals surface area contributed by atoms with E-state index in [9.17, 15) is 0 Å². The van der Waals surface area contributed by atoms with E-state index < -0.39 is 0 Å². The minimum atomic E-state index is 0. The Hall–Kier alpha value is -1.81. The maximum atomic E-state index is 4.58. The molecule has 0 saturated heterocycles. The fourth-order valence-corrected chi connectivity index (χ4v) is 3.58. The van der Waals surface area contributed by atoms with Crippen molar-refractivity contribution in [2.75, 3.05) is 31.6 Å². The maximum absolute atomic E-state index is 4.58. The molecule has 0 unspecified atom stereocenters. The van der Waals surface area contributed by atoms with Crippen LogP contribution in [0.5, 0.6) is 0 Å². The van der Waals surface area contributed by atoms with Crippen LogP contribution in [0.3, 0.4) is 0 Å². The monoisotopic (exact) mass is 498 g/mol. The Morgan fingerprint density at radius 2 is 2.19 bits per heavy atom. The van der Waals surface area contributed by atoms with Crippen molar-refractivity contribution >= 4 is 51.9 Å². The van der Waals surface area contributed by atoms with E-state index >= 15 is 0 Å². The number of rotatable bonds is 7. The van der Waals surface area contributed by atoms with Gasteiger partial charge in [-0.1, -0.05) is 12.1 Å². The van der Waals surface area contributed by atoms with E-state index in [0.717, 1.165) is 36.2 Å². The summed E-state index contributed by atoms with van der Waals surface area (Å²) in [6.07, 6.45) is 4.07. The topological polar surface area (TPSA) is 57.0 Å². The first-order chi connectivity index (χ1) is 12.7. The van der Waals surface area contributed by atoms with Crippen LogP contribution in [0, 0.1) is 6.92 Å². The largest absolute Gasteiger partial charge is 0.370 e. The number of hydrogen-bond donors (Lipinski definition) is 2. The second-order valence-electron chi connectivity index (χ2n) is 6.10. The summed E-state index contributed by atoms with van der Waals surface area (Å²) in [5, 5.41) is 8.74. The van der Waals surface area contributed by atoms with Crippen molar-refractivity contribution in [2.45, 2.75) is 20.4 Å². The zero-order valence-corrected chi connectivity index (χ0v) is 19.1. The van der Waals surface area contributed by atoms with Crippen molar-refractivity contribution in [3.8, 4) is 0 Å².